The molecule has 2 aliphatic carbocycles. The third-order valence-corrected chi connectivity index (χ3v) is 5.29. The standard InChI is InChI=1S/C16H14F5NO2S/c17-15(18)5-10-11(24-7-9-3-8(4-9)6-22)1-2-12(13(10)14(15)23)25-16(19,20)21/h1-2,8-9,14,23H,3-5,7H2. The summed E-state index contributed by atoms with van der Waals surface area (Å²) in [6.07, 6.45) is -1.85. The van der Waals surface area contributed by atoms with Crippen molar-refractivity contribution in [3.05, 3.63) is 23.3 Å². The number of alkyl halides is 5. The first kappa shape index (κ1) is 18.3. The van der Waals surface area contributed by atoms with Crippen LogP contribution in [0.3, 0.4) is 0 Å². The predicted molar refractivity (Wildman–Crippen MR) is 79.3 cm³/mol. The molecule has 9 heteroatoms. The molecule has 0 amide bonds. The van der Waals surface area contributed by atoms with Gasteiger partial charge in [-0.1, -0.05) is 0 Å². The van der Waals surface area contributed by atoms with E-state index < -0.39 is 46.2 Å². The summed E-state index contributed by atoms with van der Waals surface area (Å²) < 4.78 is 71.2. The number of benzene rings is 1. The van der Waals surface area contributed by atoms with Gasteiger partial charge in [0.05, 0.1) is 12.7 Å². The van der Waals surface area contributed by atoms with Gasteiger partial charge in [-0.05, 0) is 42.7 Å². The van der Waals surface area contributed by atoms with Crippen LogP contribution < -0.4 is 4.74 Å². The van der Waals surface area contributed by atoms with Gasteiger partial charge in [-0.25, -0.2) is 8.78 Å². The van der Waals surface area contributed by atoms with Gasteiger partial charge in [-0.3, -0.25) is 0 Å². The number of halogens is 5. The molecule has 1 unspecified atom stereocenters. The molecule has 1 aromatic carbocycles. The van der Waals surface area contributed by atoms with E-state index in [2.05, 4.69) is 6.07 Å². The van der Waals surface area contributed by atoms with Crippen molar-refractivity contribution in [2.24, 2.45) is 11.8 Å². The van der Waals surface area contributed by atoms with Crippen molar-refractivity contribution >= 4 is 11.8 Å². The molecule has 2 aliphatic rings. The van der Waals surface area contributed by atoms with Crippen molar-refractivity contribution in [2.45, 2.75) is 41.7 Å². The van der Waals surface area contributed by atoms with Crippen LogP contribution in [0, 0.1) is 23.2 Å². The molecule has 1 aromatic rings. The molecule has 0 saturated heterocycles. The number of hydrogen-bond acceptors (Lipinski definition) is 4. The number of aliphatic hydroxyl groups excluding tert-OH is 1. The highest BCUT2D eigenvalue weighted by Gasteiger charge is 2.50. The number of nitrogens with zero attached hydrogens (tertiary/aromatic N) is 1. The Labute approximate surface area is 144 Å². The average molecular weight is 379 g/mol. The lowest BCUT2D eigenvalue weighted by Crippen LogP contribution is -2.27. The molecule has 1 saturated carbocycles. The lowest BCUT2D eigenvalue weighted by Gasteiger charge is -2.30. The molecule has 0 bridgehead atoms. The molecule has 0 radical (unpaired) electrons. The van der Waals surface area contributed by atoms with E-state index in [-0.39, 0.29) is 29.8 Å². The van der Waals surface area contributed by atoms with Crippen molar-refractivity contribution in [2.75, 3.05) is 6.61 Å². The lowest BCUT2D eigenvalue weighted by atomic mass is 9.76. The van der Waals surface area contributed by atoms with Crippen LogP contribution in [0.4, 0.5) is 22.0 Å². The minimum absolute atomic E-state index is 0.0315. The summed E-state index contributed by atoms with van der Waals surface area (Å²) in [4.78, 5) is -0.437. The molecule has 0 spiro atoms. The topological polar surface area (TPSA) is 53.2 Å². The van der Waals surface area contributed by atoms with Gasteiger partial charge in [-0.2, -0.15) is 18.4 Å². The van der Waals surface area contributed by atoms with Crippen LogP contribution in [0.15, 0.2) is 17.0 Å². The van der Waals surface area contributed by atoms with E-state index in [4.69, 9.17) is 10.00 Å². The Morgan fingerprint density at radius 1 is 1.32 bits per heavy atom. The summed E-state index contributed by atoms with van der Waals surface area (Å²) >= 11 is -0.522. The van der Waals surface area contributed by atoms with Crippen LogP contribution in [-0.2, 0) is 6.42 Å². The first-order valence-electron chi connectivity index (χ1n) is 7.60. The average Bonchev–Trinajstić information content (AvgIpc) is 2.69. The molecule has 0 heterocycles. The zero-order valence-corrected chi connectivity index (χ0v) is 13.6. The van der Waals surface area contributed by atoms with Gasteiger partial charge in [-0.15, -0.1) is 0 Å². The summed E-state index contributed by atoms with van der Waals surface area (Å²) in [5, 5.41) is 18.5. The second-order valence-electron chi connectivity index (χ2n) is 6.32. The number of ether oxygens (including phenoxy) is 1. The molecule has 25 heavy (non-hydrogen) atoms. The Hall–Kier alpha value is -1.53. The van der Waals surface area contributed by atoms with Gasteiger partial charge in [0, 0.05) is 28.4 Å². The van der Waals surface area contributed by atoms with Crippen LogP contribution in [0.25, 0.3) is 0 Å². The molecule has 3 nitrogen and oxygen atoms in total. The van der Waals surface area contributed by atoms with Gasteiger partial charge in [0.25, 0.3) is 5.92 Å². The third kappa shape index (κ3) is 3.70. The molecule has 1 atom stereocenters. The Bertz CT molecular complexity index is 710. The second kappa shape index (κ2) is 6.32. The summed E-state index contributed by atoms with van der Waals surface area (Å²) in [5.41, 5.74) is -5.14. The quantitative estimate of drug-likeness (QED) is 0.620. The predicted octanol–water partition coefficient (Wildman–Crippen LogP) is 4.45. The van der Waals surface area contributed by atoms with E-state index in [1.165, 1.54) is 6.07 Å². The minimum Gasteiger partial charge on any atom is -0.493 e. The fraction of sp³-hybridized carbons (Fsp3) is 0.562. The normalized spacial score (nSPS) is 27.3. The van der Waals surface area contributed by atoms with Crippen molar-refractivity contribution in [3.63, 3.8) is 0 Å². The Kier molecular flexibility index (Phi) is 4.62. The summed E-state index contributed by atoms with van der Waals surface area (Å²) in [5.74, 6) is -3.38. The summed E-state index contributed by atoms with van der Waals surface area (Å²) in [6.45, 7) is 0.206. The smallest absolute Gasteiger partial charge is 0.446 e. The largest absolute Gasteiger partial charge is 0.493 e. The highest BCUT2D eigenvalue weighted by atomic mass is 32.2. The van der Waals surface area contributed by atoms with Crippen LogP contribution >= 0.6 is 11.8 Å². The monoisotopic (exact) mass is 379 g/mol. The van der Waals surface area contributed by atoms with E-state index in [0.29, 0.717) is 12.8 Å². The summed E-state index contributed by atoms with van der Waals surface area (Å²) in [6, 6.07) is 4.41. The van der Waals surface area contributed by atoms with Crippen LogP contribution in [0.1, 0.15) is 30.1 Å². The number of aliphatic hydroxyl groups is 1. The van der Waals surface area contributed by atoms with Gasteiger partial charge < -0.3 is 9.84 Å². The molecule has 1 fully saturated rings. The molecular formula is C16H14F5NO2S. The molecule has 1 N–H and O–H groups in total. The maximum absolute atomic E-state index is 13.9. The molecular weight excluding hydrogens is 365 g/mol. The second-order valence-corrected chi connectivity index (χ2v) is 7.42. The maximum atomic E-state index is 13.9. The molecule has 3 rings (SSSR count). The van der Waals surface area contributed by atoms with Crippen molar-refractivity contribution in [1.82, 2.24) is 0 Å². The van der Waals surface area contributed by atoms with Gasteiger partial charge in [0.15, 0.2) is 0 Å². The molecule has 0 aromatic heterocycles. The first-order chi connectivity index (χ1) is 11.6. The molecule has 136 valence electrons. The lowest BCUT2D eigenvalue weighted by molar-refractivity contribution is -0.0977. The van der Waals surface area contributed by atoms with E-state index in [1.54, 1.807) is 0 Å². The van der Waals surface area contributed by atoms with E-state index >= 15 is 0 Å². The maximum Gasteiger partial charge on any atom is 0.446 e. The van der Waals surface area contributed by atoms with Crippen molar-refractivity contribution in [1.29, 1.82) is 5.26 Å². The number of nitriles is 1. The zero-order valence-electron chi connectivity index (χ0n) is 12.8. The summed E-state index contributed by atoms with van der Waals surface area (Å²) in [7, 11) is 0. The number of hydrogen-bond donors (Lipinski definition) is 1. The van der Waals surface area contributed by atoms with Gasteiger partial charge >= 0.3 is 5.51 Å². The number of fused-ring (bicyclic) bond motifs is 1. The SMILES string of the molecule is N#CC1CC(COc2ccc(SC(F)(F)F)c3c2CC(F)(F)C3O)C1. The van der Waals surface area contributed by atoms with Crippen molar-refractivity contribution in [3.8, 4) is 11.8 Å². The number of rotatable bonds is 4. The van der Waals surface area contributed by atoms with Gasteiger partial charge in [0.2, 0.25) is 0 Å². The van der Waals surface area contributed by atoms with Crippen LogP contribution in [-0.4, -0.2) is 23.1 Å². The minimum atomic E-state index is -4.65. The van der Waals surface area contributed by atoms with Gasteiger partial charge in [0.1, 0.15) is 11.9 Å². The fourth-order valence-corrected chi connectivity index (χ4v) is 3.91. The van der Waals surface area contributed by atoms with E-state index in [9.17, 15) is 27.1 Å². The van der Waals surface area contributed by atoms with E-state index in [1.807, 2.05) is 0 Å². The highest BCUT2D eigenvalue weighted by molar-refractivity contribution is 8.00. The van der Waals surface area contributed by atoms with E-state index in [0.717, 1.165) is 6.07 Å². The Balaban J connectivity index is 1.83. The Morgan fingerprint density at radius 3 is 2.60 bits per heavy atom. The Morgan fingerprint density at radius 2 is 2.00 bits per heavy atom. The third-order valence-electron chi connectivity index (χ3n) is 4.48. The van der Waals surface area contributed by atoms with Crippen LogP contribution in [0.5, 0.6) is 5.75 Å². The molecule has 0 aliphatic heterocycles. The number of thioether (sulfide) groups is 1. The first-order valence-corrected chi connectivity index (χ1v) is 8.42. The van der Waals surface area contributed by atoms with Crippen LogP contribution in [0.2, 0.25) is 0 Å². The van der Waals surface area contributed by atoms with Crippen molar-refractivity contribution < 1.29 is 31.8 Å². The zero-order chi connectivity index (χ0) is 18.4. The highest BCUT2D eigenvalue weighted by Crippen LogP contribution is 2.52. The fourth-order valence-electron chi connectivity index (χ4n) is 3.18.